The van der Waals surface area contributed by atoms with Crippen LogP contribution in [0.5, 0.6) is 0 Å². The van der Waals surface area contributed by atoms with Gasteiger partial charge in [-0.2, -0.15) is 5.10 Å². The van der Waals surface area contributed by atoms with Crippen LogP contribution in [-0.4, -0.2) is 9.78 Å². The fraction of sp³-hybridized carbons (Fsp3) is 0.308. The summed E-state index contributed by atoms with van der Waals surface area (Å²) in [4.78, 5) is 0. The van der Waals surface area contributed by atoms with Crippen LogP contribution in [0, 0.1) is 19.7 Å². The van der Waals surface area contributed by atoms with Crippen molar-refractivity contribution >= 4 is 17.3 Å². The minimum atomic E-state index is -0.370. The van der Waals surface area contributed by atoms with Gasteiger partial charge in [-0.05, 0) is 19.9 Å². The SMILES string of the molecule is Cc1nn(C)c(C)c1NCc1cccc(Cl)c1F. The molecule has 18 heavy (non-hydrogen) atoms. The van der Waals surface area contributed by atoms with Gasteiger partial charge in [-0.1, -0.05) is 23.7 Å². The number of hydrogen-bond donors (Lipinski definition) is 1. The van der Waals surface area contributed by atoms with Crippen LogP contribution in [0.25, 0.3) is 0 Å². The molecule has 0 amide bonds. The van der Waals surface area contributed by atoms with Crippen LogP contribution in [0.4, 0.5) is 10.1 Å². The Bertz CT molecular complexity index is 578. The second-order valence-corrected chi connectivity index (χ2v) is 4.64. The third kappa shape index (κ3) is 2.34. The van der Waals surface area contributed by atoms with E-state index in [1.165, 1.54) is 0 Å². The van der Waals surface area contributed by atoms with E-state index in [2.05, 4.69) is 10.4 Å². The van der Waals surface area contributed by atoms with E-state index in [0.717, 1.165) is 17.1 Å². The van der Waals surface area contributed by atoms with Crippen LogP contribution in [-0.2, 0) is 13.6 Å². The molecule has 0 aliphatic rings. The lowest BCUT2D eigenvalue weighted by Gasteiger charge is -2.08. The Kier molecular flexibility index (Phi) is 3.57. The van der Waals surface area contributed by atoms with Crippen molar-refractivity contribution < 1.29 is 4.39 Å². The molecule has 1 N–H and O–H groups in total. The molecule has 1 aromatic heterocycles. The number of nitrogens with one attached hydrogen (secondary N) is 1. The average Bonchev–Trinajstić information content (AvgIpc) is 2.56. The molecule has 0 bridgehead atoms. The third-order valence-corrected chi connectivity index (χ3v) is 3.29. The number of aryl methyl sites for hydroxylation is 2. The topological polar surface area (TPSA) is 29.9 Å². The van der Waals surface area contributed by atoms with Crippen LogP contribution in [0.3, 0.4) is 0 Å². The summed E-state index contributed by atoms with van der Waals surface area (Å²) in [5, 5.41) is 7.65. The summed E-state index contributed by atoms with van der Waals surface area (Å²) in [6.07, 6.45) is 0. The second-order valence-electron chi connectivity index (χ2n) is 4.24. The van der Waals surface area contributed by atoms with Gasteiger partial charge in [-0.15, -0.1) is 0 Å². The van der Waals surface area contributed by atoms with Crippen molar-refractivity contribution in [2.45, 2.75) is 20.4 Å². The van der Waals surface area contributed by atoms with Crippen molar-refractivity contribution in [3.05, 3.63) is 46.0 Å². The van der Waals surface area contributed by atoms with Crippen LogP contribution in [0.1, 0.15) is 17.0 Å². The smallest absolute Gasteiger partial charge is 0.146 e. The lowest BCUT2D eigenvalue weighted by molar-refractivity contribution is 0.613. The zero-order valence-electron chi connectivity index (χ0n) is 10.6. The lowest BCUT2D eigenvalue weighted by atomic mass is 10.2. The van der Waals surface area contributed by atoms with Crippen molar-refractivity contribution in [3.8, 4) is 0 Å². The van der Waals surface area contributed by atoms with E-state index in [4.69, 9.17) is 11.6 Å². The van der Waals surface area contributed by atoms with E-state index < -0.39 is 0 Å². The Hall–Kier alpha value is -1.55. The molecule has 0 spiro atoms. The normalized spacial score (nSPS) is 10.7. The summed E-state index contributed by atoms with van der Waals surface area (Å²) in [5.41, 5.74) is 3.41. The van der Waals surface area contributed by atoms with Crippen LogP contribution in [0.15, 0.2) is 18.2 Å². The molecule has 0 atom stereocenters. The van der Waals surface area contributed by atoms with Crippen molar-refractivity contribution in [2.75, 3.05) is 5.32 Å². The highest BCUT2D eigenvalue weighted by atomic mass is 35.5. The first kappa shape index (κ1) is 12.9. The van der Waals surface area contributed by atoms with E-state index in [1.54, 1.807) is 22.9 Å². The Balaban J connectivity index is 2.19. The van der Waals surface area contributed by atoms with Crippen molar-refractivity contribution in [1.82, 2.24) is 9.78 Å². The second kappa shape index (κ2) is 4.98. The zero-order valence-corrected chi connectivity index (χ0v) is 11.3. The molecule has 2 rings (SSSR count). The van der Waals surface area contributed by atoms with Gasteiger partial charge >= 0.3 is 0 Å². The first-order valence-corrected chi connectivity index (χ1v) is 6.05. The van der Waals surface area contributed by atoms with Gasteiger partial charge in [0.05, 0.1) is 22.1 Å². The van der Waals surface area contributed by atoms with Crippen LogP contribution in [0.2, 0.25) is 5.02 Å². The number of aromatic nitrogens is 2. The number of halogens is 2. The number of rotatable bonds is 3. The van der Waals surface area contributed by atoms with Gasteiger partial charge in [0, 0.05) is 19.2 Å². The highest BCUT2D eigenvalue weighted by Gasteiger charge is 2.10. The summed E-state index contributed by atoms with van der Waals surface area (Å²) < 4.78 is 15.5. The minimum Gasteiger partial charge on any atom is -0.378 e. The van der Waals surface area contributed by atoms with E-state index in [9.17, 15) is 4.39 Å². The van der Waals surface area contributed by atoms with Crippen molar-refractivity contribution in [2.24, 2.45) is 7.05 Å². The molecule has 0 aliphatic heterocycles. The molecule has 0 aliphatic carbocycles. The predicted molar refractivity (Wildman–Crippen MR) is 71.4 cm³/mol. The molecule has 3 nitrogen and oxygen atoms in total. The molecule has 5 heteroatoms. The van der Waals surface area contributed by atoms with E-state index >= 15 is 0 Å². The molecule has 2 aromatic rings. The molecule has 0 unspecified atom stereocenters. The minimum absolute atomic E-state index is 0.147. The standard InChI is InChI=1S/C13H15ClFN3/c1-8-13(9(2)18(3)17-8)16-7-10-5-4-6-11(14)12(10)15/h4-6,16H,7H2,1-3H3. The van der Waals surface area contributed by atoms with Crippen LogP contribution >= 0.6 is 11.6 Å². The average molecular weight is 268 g/mol. The van der Waals surface area contributed by atoms with Crippen molar-refractivity contribution in [1.29, 1.82) is 0 Å². The Labute approximate surface area is 111 Å². The molecular formula is C13H15ClFN3. The summed E-state index contributed by atoms with van der Waals surface area (Å²) in [5.74, 6) is -0.370. The largest absolute Gasteiger partial charge is 0.378 e. The van der Waals surface area contributed by atoms with Gasteiger partial charge in [-0.25, -0.2) is 4.39 Å². The quantitative estimate of drug-likeness (QED) is 0.923. The number of anilines is 1. The molecule has 96 valence electrons. The van der Waals surface area contributed by atoms with Gasteiger partial charge < -0.3 is 5.32 Å². The van der Waals surface area contributed by atoms with Gasteiger partial charge in [0.1, 0.15) is 5.82 Å². The van der Waals surface area contributed by atoms with Gasteiger partial charge in [-0.3, -0.25) is 4.68 Å². The maximum Gasteiger partial charge on any atom is 0.146 e. The molecule has 0 saturated heterocycles. The monoisotopic (exact) mass is 267 g/mol. The fourth-order valence-electron chi connectivity index (χ4n) is 1.90. The van der Waals surface area contributed by atoms with E-state index in [0.29, 0.717) is 12.1 Å². The van der Waals surface area contributed by atoms with E-state index in [1.807, 2.05) is 20.9 Å². The maximum atomic E-state index is 13.7. The summed E-state index contributed by atoms with van der Waals surface area (Å²) in [7, 11) is 1.88. The van der Waals surface area contributed by atoms with Gasteiger partial charge in [0.15, 0.2) is 0 Å². The lowest BCUT2D eigenvalue weighted by Crippen LogP contribution is -2.04. The van der Waals surface area contributed by atoms with Gasteiger partial charge in [0.2, 0.25) is 0 Å². The van der Waals surface area contributed by atoms with Crippen LogP contribution < -0.4 is 5.32 Å². The first-order valence-electron chi connectivity index (χ1n) is 5.67. The molecule has 0 fully saturated rings. The van der Waals surface area contributed by atoms with Crippen molar-refractivity contribution in [3.63, 3.8) is 0 Å². The maximum absolute atomic E-state index is 13.7. The van der Waals surface area contributed by atoms with Gasteiger partial charge in [0.25, 0.3) is 0 Å². The molecule has 0 radical (unpaired) electrons. The summed E-state index contributed by atoms with van der Waals surface area (Å²) in [6, 6.07) is 5.00. The number of benzene rings is 1. The molecule has 1 aromatic carbocycles. The highest BCUT2D eigenvalue weighted by molar-refractivity contribution is 6.30. The summed E-state index contributed by atoms with van der Waals surface area (Å²) in [6.45, 7) is 4.28. The highest BCUT2D eigenvalue weighted by Crippen LogP contribution is 2.22. The summed E-state index contributed by atoms with van der Waals surface area (Å²) >= 11 is 5.74. The molecule has 0 saturated carbocycles. The molecule has 1 heterocycles. The molecular weight excluding hydrogens is 253 g/mol. The number of hydrogen-bond acceptors (Lipinski definition) is 2. The first-order chi connectivity index (χ1) is 8.50. The predicted octanol–water partition coefficient (Wildman–Crippen LogP) is 3.44. The Morgan fingerprint density at radius 1 is 1.39 bits per heavy atom. The number of nitrogens with zero attached hydrogens (tertiary/aromatic N) is 2. The Morgan fingerprint density at radius 3 is 2.72 bits per heavy atom. The zero-order chi connectivity index (χ0) is 13.3. The van der Waals surface area contributed by atoms with E-state index in [-0.39, 0.29) is 10.8 Å². The fourth-order valence-corrected chi connectivity index (χ4v) is 2.09. The Morgan fingerprint density at radius 2 is 2.11 bits per heavy atom. The third-order valence-electron chi connectivity index (χ3n) is 3.00.